The van der Waals surface area contributed by atoms with Gasteiger partial charge in [-0.05, 0) is 104 Å². The van der Waals surface area contributed by atoms with Crippen LogP contribution in [0.4, 0.5) is 5.69 Å². The fourth-order valence-electron chi connectivity index (χ4n) is 8.33. The van der Waals surface area contributed by atoms with Crippen molar-refractivity contribution in [2.75, 3.05) is 52.6 Å². The molecular formula is C45H59NO11S2-2. The van der Waals surface area contributed by atoms with Crippen molar-refractivity contribution in [3.05, 3.63) is 112 Å². The van der Waals surface area contributed by atoms with Crippen LogP contribution in [0.15, 0.2) is 106 Å². The van der Waals surface area contributed by atoms with E-state index in [0.717, 1.165) is 72.2 Å². The summed E-state index contributed by atoms with van der Waals surface area (Å²) in [6.07, 6.45) is 21.9. The van der Waals surface area contributed by atoms with Crippen LogP contribution in [0.5, 0.6) is 0 Å². The Morgan fingerprint density at radius 1 is 0.746 bits per heavy atom. The second-order valence-corrected chi connectivity index (χ2v) is 18.3. The van der Waals surface area contributed by atoms with E-state index in [1.807, 2.05) is 43.4 Å². The van der Waals surface area contributed by atoms with Gasteiger partial charge in [0, 0.05) is 69.7 Å². The van der Waals surface area contributed by atoms with E-state index in [0.29, 0.717) is 52.0 Å². The quantitative estimate of drug-likeness (QED) is 0.0614. The number of allylic oxidation sites excluding steroid dienone is 10. The normalized spacial score (nSPS) is 20.5. The minimum absolute atomic E-state index is 0.191. The highest BCUT2D eigenvalue weighted by Gasteiger charge is 2.43. The molecule has 1 aliphatic heterocycles. The zero-order valence-corrected chi connectivity index (χ0v) is 36.5. The maximum atomic E-state index is 12.1. The fraction of sp³-hybridized carbons (Fsp3) is 0.489. The number of rotatable bonds is 24. The largest absolute Gasteiger partial charge is 0.744 e. The Hall–Kier alpha value is -3.89. The minimum atomic E-state index is -4.67. The van der Waals surface area contributed by atoms with Crippen molar-refractivity contribution in [1.82, 2.24) is 0 Å². The molecule has 0 fully saturated rings. The van der Waals surface area contributed by atoms with E-state index < -0.39 is 37.0 Å². The summed E-state index contributed by atoms with van der Waals surface area (Å²) >= 11 is 0. The molecule has 0 saturated carbocycles. The van der Waals surface area contributed by atoms with Crippen molar-refractivity contribution >= 4 is 31.9 Å². The van der Waals surface area contributed by atoms with Gasteiger partial charge in [0.2, 0.25) is 0 Å². The van der Waals surface area contributed by atoms with Gasteiger partial charge >= 0.3 is 5.97 Å². The summed E-state index contributed by atoms with van der Waals surface area (Å²) in [5.74, 6) is -0.768. The predicted octanol–water partition coefficient (Wildman–Crippen LogP) is 7.86. The van der Waals surface area contributed by atoms with Crippen LogP contribution in [-0.4, -0.2) is 84.7 Å². The highest BCUT2D eigenvalue weighted by atomic mass is 32.2. The molecule has 0 spiro atoms. The van der Waals surface area contributed by atoms with Crippen molar-refractivity contribution in [2.45, 2.75) is 105 Å². The maximum absolute atomic E-state index is 12.1. The number of carboxylic acids is 1. The van der Waals surface area contributed by atoms with Gasteiger partial charge in [0.05, 0.1) is 16.4 Å². The van der Waals surface area contributed by atoms with Gasteiger partial charge in [0.1, 0.15) is 20.2 Å². The number of carbonyl (C=O) groups is 1. The van der Waals surface area contributed by atoms with Crippen LogP contribution in [0, 0.1) is 0 Å². The Bertz CT molecular complexity index is 2150. The molecule has 0 amide bonds. The molecule has 2 atom stereocenters. The monoisotopic (exact) mass is 853 g/mol. The van der Waals surface area contributed by atoms with Gasteiger partial charge in [-0.2, -0.15) is 0 Å². The van der Waals surface area contributed by atoms with Crippen LogP contribution in [0.3, 0.4) is 0 Å². The van der Waals surface area contributed by atoms with Gasteiger partial charge in [0.25, 0.3) is 0 Å². The molecule has 2 aliphatic rings. The Morgan fingerprint density at radius 3 is 1.93 bits per heavy atom. The number of benzene rings is 2. The van der Waals surface area contributed by atoms with E-state index in [1.54, 1.807) is 33.5 Å². The average molecular weight is 854 g/mol. The highest BCUT2D eigenvalue weighted by Crippen LogP contribution is 2.51. The SMILES string of the molecule is COCCN1/C(=C/C=C/C=C/C=C/C2=C(CCCCCCCCC(=O)O)Cc3ccc(S(=O)(=O)[O-])cc3C2(C)CCOC)C(C)(CCOC)c2cc(S(=O)(=O)[O-])ccc21. The van der Waals surface area contributed by atoms with Crippen molar-refractivity contribution in [1.29, 1.82) is 0 Å². The molecule has 1 aliphatic carbocycles. The second kappa shape index (κ2) is 21.6. The Morgan fingerprint density at radius 2 is 1.31 bits per heavy atom. The van der Waals surface area contributed by atoms with E-state index >= 15 is 0 Å². The number of ether oxygens (including phenoxy) is 3. The van der Waals surface area contributed by atoms with Crippen LogP contribution in [0.1, 0.15) is 94.7 Å². The van der Waals surface area contributed by atoms with Gasteiger partial charge in [-0.3, -0.25) is 4.79 Å². The molecule has 0 aromatic heterocycles. The number of aliphatic carboxylic acids is 1. The van der Waals surface area contributed by atoms with E-state index in [2.05, 4.69) is 17.9 Å². The molecule has 12 nitrogen and oxygen atoms in total. The third-order valence-corrected chi connectivity index (χ3v) is 13.2. The lowest BCUT2D eigenvalue weighted by Gasteiger charge is -2.40. The van der Waals surface area contributed by atoms with Crippen LogP contribution in [0.2, 0.25) is 0 Å². The Kier molecular flexibility index (Phi) is 17.5. The van der Waals surface area contributed by atoms with Gasteiger partial charge in [0.15, 0.2) is 0 Å². The molecule has 1 heterocycles. The summed E-state index contributed by atoms with van der Waals surface area (Å²) in [6, 6.07) is 9.18. The fourth-order valence-corrected chi connectivity index (χ4v) is 9.33. The number of hydrogen-bond acceptors (Lipinski definition) is 11. The first-order chi connectivity index (χ1) is 28.0. The number of anilines is 1. The lowest BCUT2D eigenvalue weighted by molar-refractivity contribution is -0.137. The van der Waals surface area contributed by atoms with Crippen molar-refractivity contribution in [2.24, 2.45) is 0 Å². The first kappa shape index (κ1) is 47.8. The number of fused-ring (bicyclic) bond motifs is 2. The summed E-state index contributed by atoms with van der Waals surface area (Å²) in [4.78, 5) is 12.4. The lowest BCUT2D eigenvalue weighted by Crippen LogP contribution is -2.32. The number of hydrogen-bond donors (Lipinski definition) is 1. The Labute approximate surface area is 350 Å². The third-order valence-electron chi connectivity index (χ3n) is 11.6. The first-order valence-electron chi connectivity index (χ1n) is 20.1. The highest BCUT2D eigenvalue weighted by molar-refractivity contribution is 7.86. The molecular weight excluding hydrogens is 795 g/mol. The number of unbranched alkanes of at least 4 members (excludes halogenated alkanes) is 5. The topological polar surface area (TPSA) is 183 Å². The van der Waals surface area contributed by atoms with Crippen LogP contribution < -0.4 is 4.90 Å². The summed E-state index contributed by atoms with van der Waals surface area (Å²) in [6.45, 7) is 5.84. The summed E-state index contributed by atoms with van der Waals surface area (Å²) in [5.41, 5.74) is 5.23. The van der Waals surface area contributed by atoms with Gasteiger partial charge < -0.3 is 33.3 Å². The number of nitrogens with zero attached hydrogens (tertiary/aromatic N) is 1. The lowest BCUT2D eigenvalue weighted by atomic mass is 9.65. The average Bonchev–Trinajstić information content (AvgIpc) is 3.41. The molecule has 2 aromatic rings. The van der Waals surface area contributed by atoms with Crippen LogP contribution in [0.25, 0.3) is 0 Å². The number of methoxy groups -OCH3 is 3. The van der Waals surface area contributed by atoms with E-state index in [4.69, 9.17) is 19.3 Å². The van der Waals surface area contributed by atoms with Crippen molar-refractivity contribution in [3.63, 3.8) is 0 Å². The minimum Gasteiger partial charge on any atom is -0.744 e. The van der Waals surface area contributed by atoms with Gasteiger partial charge in [-0.25, -0.2) is 16.8 Å². The van der Waals surface area contributed by atoms with E-state index in [1.165, 1.54) is 29.8 Å². The van der Waals surface area contributed by atoms with Crippen molar-refractivity contribution < 1.29 is 50.1 Å². The molecule has 4 rings (SSSR count). The standard InChI is InChI=1S/C45H61NO11S2/c1-44(25-28-55-3)38(34(17-13-9-6-7-12-16-20-43(47)48)31-35-21-22-36(32-39(35)44)58(49,50)51)18-14-10-8-11-15-19-42-45(2,26-29-56-4)40-33-37(59(52,53)54)23-24-41(40)46(42)27-30-57-5/h8,10-11,14-15,18-19,21-24,32-33H,6-7,9,12-13,16-17,20,25-31H2,1-5H3,(H,47,48)(H,49,50,51)(H,52,53,54)/p-2/b10-8+,15-11+,18-14+,42-19+. The second-order valence-electron chi connectivity index (χ2n) is 15.6. The zero-order valence-electron chi connectivity index (χ0n) is 34.9. The summed E-state index contributed by atoms with van der Waals surface area (Å²) < 4.78 is 88.8. The molecule has 0 bridgehead atoms. The number of carboxylic acid groups (broad SMARTS) is 1. The smallest absolute Gasteiger partial charge is 0.303 e. The molecule has 0 radical (unpaired) electrons. The Balaban J connectivity index is 1.65. The summed E-state index contributed by atoms with van der Waals surface area (Å²) in [7, 11) is -4.49. The molecule has 2 aromatic carbocycles. The maximum Gasteiger partial charge on any atom is 0.303 e. The van der Waals surface area contributed by atoms with Gasteiger partial charge in [-0.1, -0.05) is 80.7 Å². The molecule has 0 saturated heterocycles. The van der Waals surface area contributed by atoms with Crippen LogP contribution >= 0.6 is 0 Å². The van der Waals surface area contributed by atoms with Crippen molar-refractivity contribution in [3.8, 4) is 0 Å². The molecule has 1 N–H and O–H groups in total. The van der Waals surface area contributed by atoms with Gasteiger partial charge in [-0.15, -0.1) is 0 Å². The molecule has 2 unspecified atom stereocenters. The molecule has 59 heavy (non-hydrogen) atoms. The van der Waals surface area contributed by atoms with E-state index in [-0.39, 0.29) is 16.2 Å². The molecule has 14 heteroatoms. The third kappa shape index (κ3) is 12.3. The first-order valence-corrected chi connectivity index (χ1v) is 22.9. The summed E-state index contributed by atoms with van der Waals surface area (Å²) in [5, 5.41) is 8.92. The zero-order chi connectivity index (χ0) is 43.3. The predicted molar refractivity (Wildman–Crippen MR) is 227 cm³/mol. The van der Waals surface area contributed by atoms with Crippen LogP contribution in [-0.2, 0) is 56.5 Å². The van der Waals surface area contributed by atoms with E-state index in [9.17, 15) is 30.7 Å². The molecule has 324 valence electrons.